The quantitative estimate of drug-likeness (QED) is 0.456. The molecule has 0 saturated carbocycles. The molecule has 1 atom stereocenters. The summed E-state index contributed by atoms with van der Waals surface area (Å²) >= 11 is 0. The van der Waals surface area contributed by atoms with E-state index in [1.165, 1.54) is 0 Å². The standard InChI is InChI=1S/C28H25N3O4/c32-26(30-14-12-21(13-15-30)31-24-9-5-4-8-23(24)29-28(31)34)19-10-11-22-20(16-19)17-25(35-27(22)33)18-6-2-1-3-7-18/h1-11,16,21,25H,12-15,17H2,(H,29,34)/t25-/m0/s1. The van der Waals surface area contributed by atoms with Gasteiger partial charge in [0.1, 0.15) is 6.10 Å². The molecule has 3 aromatic carbocycles. The summed E-state index contributed by atoms with van der Waals surface area (Å²) in [6.45, 7) is 1.14. The van der Waals surface area contributed by atoms with Crippen LogP contribution in [0.4, 0.5) is 0 Å². The third-order valence-corrected chi connectivity index (χ3v) is 7.14. The first-order chi connectivity index (χ1) is 17.1. The maximum atomic E-state index is 13.3. The van der Waals surface area contributed by atoms with Gasteiger partial charge in [-0.15, -0.1) is 0 Å². The van der Waals surface area contributed by atoms with Gasteiger partial charge in [0.15, 0.2) is 0 Å². The molecule has 4 aromatic rings. The van der Waals surface area contributed by atoms with Crippen LogP contribution in [-0.4, -0.2) is 39.4 Å². The molecule has 0 radical (unpaired) electrons. The topological polar surface area (TPSA) is 84.4 Å². The summed E-state index contributed by atoms with van der Waals surface area (Å²) in [5.74, 6) is -0.406. The predicted molar refractivity (Wildman–Crippen MR) is 131 cm³/mol. The Hall–Kier alpha value is -4.13. The number of hydrogen-bond acceptors (Lipinski definition) is 4. The lowest BCUT2D eigenvalue weighted by atomic mass is 9.92. The van der Waals surface area contributed by atoms with Gasteiger partial charge >= 0.3 is 11.7 Å². The summed E-state index contributed by atoms with van der Waals surface area (Å²) in [6, 6.07) is 22.6. The molecule has 2 aliphatic rings. The molecule has 6 rings (SSSR count). The number of fused-ring (bicyclic) bond motifs is 2. The molecule has 35 heavy (non-hydrogen) atoms. The van der Waals surface area contributed by atoms with Crippen LogP contribution >= 0.6 is 0 Å². The van der Waals surface area contributed by atoms with Crippen molar-refractivity contribution in [3.05, 3.63) is 106 Å². The number of nitrogens with zero attached hydrogens (tertiary/aromatic N) is 2. The Morgan fingerprint density at radius 1 is 0.914 bits per heavy atom. The fourth-order valence-corrected chi connectivity index (χ4v) is 5.33. The van der Waals surface area contributed by atoms with Gasteiger partial charge in [-0.1, -0.05) is 42.5 Å². The molecule has 1 fully saturated rings. The van der Waals surface area contributed by atoms with Crippen molar-refractivity contribution in [2.75, 3.05) is 13.1 Å². The Bertz CT molecular complexity index is 1480. The summed E-state index contributed by atoms with van der Waals surface area (Å²) in [7, 11) is 0. The van der Waals surface area contributed by atoms with E-state index in [0.29, 0.717) is 43.5 Å². The normalized spacial score (nSPS) is 18.3. The minimum Gasteiger partial charge on any atom is -0.454 e. The molecular weight excluding hydrogens is 442 g/mol. The number of carbonyl (C=O) groups excluding carboxylic acids is 2. The first kappa shape index (κ1) is 21.4. The Morgan fingerprint density at radius 2 is 1.66 bits per heavy atom. The van der Waals surface area contributed by atoms with Crippen LogP contribution in [0.3, 0.4) is 0 Å². The van der Waals surface area contributed by atoms with E-state index in [1.807, 2.05) is 70.1 Å². The molecule has 0 spiro atoms. The lowest BCUT2D eigenvalue weighted by Crippen LogP contribution is -2.40. The zero-order valence-corrected chi connectivity index (χ0v) is 19.1. The van der Waals surface area contributed by atoms with Gasteiger partial charge in [0, 0.05) is 31.1 Å². The van der Waals surface area contributed by atoms with Crippen molar-refractivity contribution in [1.29, 1.82) is 0 Å². The fourth-order valence-electron chi connectivity index (χ4n) is 5.33. The average Bonchev–Trinajstić information content (AvgIpc) is 3.24. The van der Waals surface area contributed by atoms with Crippen molar-refractivity contribution in [2.45, 2.75) is 31.4 Å². The zero-order chi connectivity index (χ0) is 23.9. The minimum absolute atomic E-state index is 0.0484. The highest BCUT2D eigenvalue weighted by Gasteiger charge is 2.30. The first-order valence-corrected chi connectivity index (χ1v) is 12.0. The van der Waals surface area contributed by atoms with E-state index in [-0.39, 0.29) is 29.7 Å². The molecule has 0 bridgehead atoms. The van der Waals surface area contributed by atoms with Gasteiger partial charge < -0.3 is 14.6 Å². The molecule has 7 nitrogen and oxygen atoms in total. The largest absolute Gasteiger partial charge is 0.454 e. The van der Waals surface area contributed by atoms with Gasteiger partial charge in [0.05, 0.1) is 16.6 Å². The molecule has 1 N–H and O–H groups in total. The summed E-state index contributed by atoms with van der Waals surface area (Å²) in [5, 5.41) is 0. The number of nitrogens with one attached hydrogen (secondary N) is 1. The monoisotopic (exact) mass is 467 g/mol. The van der Waals surface area contributed by atoms with Crippen LogP contribution in [0, 0.1) is 0 Å². The maximum Gasteiger partial charge on any atom is 0.339 e. The molecule has 7 heteroatoms. The maximum absolute atomic E-state index is 13.3. The van der Waals surface area contributed by atoms with Crippen LogP contribution < -0.4 is 5.69 Å². The van der Waals surface area contributed by atoms with Gasteiger partial charge in [-0.25, -0.2) is 9.59 Å². The zero-order valence-electron chi connectivity index (χ0n) is 19.1. The third-order valence-electron chi connectivity index (χ3n) is 7.14. The molecule has 176 valence electrons. The van der Waals surface area contributed by atoms with E-state index >= 15 is 0 Å². The third kappa shape index (κ3) is 3.83. The van der Waals surface area contributed by atoms with Gasteiger partial charge in [-0.05, 0) is 54.3 Å². The number of amides is 1. The number of aromatic nitrogens is 2. The van der Waals surface area contributed by atoms with E-state index in [0.717, 1.165) is 22.2 Å². The van der Waals surface area contributed by atoms with Crippen LogP contribution in [0.25, 0.3) is 11.0 Å². The number of para-hydroxylation sites is 2. The van der Waals surface area contributed by atoms with E-state index in [9.17, 15) is 14.4 Å². The number of likely N-dealkylation sites (tertiary alicyclic amines) is 1. The van der Waals surface area contributed by atoms with Crippen LogP contribution in [-0.2, 0) is 11.2 Å². The Kier molecular flexibility index (Phi) is 5.25. The number of aromatic amines is 1. The van der Waals surface area contributed by atoms with Gasteiger partial charge in [-0.3, -0.25) is 9.36 Å². The SMILES string of the molecule is O=C1O[C@H](c2ccccc2)Cc2cc(C(=O)N3CCC(n4c(=O)[nH]c5ccccc54)CC3)ccc21. The highest BCUT2D eigenvalue weighted by Crippen LogP contribution is 2.32. The van der Waals surface area contributed by atoms with Crippen LogP contribution in [0.15, 0.2) is 77.6 Å². The lowest BCUT2D eigenvalue weighted by Gasteiger charge is -2.33. The number of hydrogen-bond donors (Lipinski definition) is 1. The van der Waals surface area contributed by atoms with Crippen LogP contribution in [0.5, 0.6) is 0 Å². The second kappa shape index (κ2) is 8.58. The van der Waals surface area contributed by atoms with E-state index in [4.69, 9.17) is 4.74 Å². The molecule has 1 saturated heterocycles. The first-order valence-electron chi connectivity index (χ1n) is 12.0. The Balaban J connectivity index is 1.19. The summed E-state index contributed by atoms with van der Waals surface area (Å²) < 4.78 is 7.46. The highest BCUT2D eigenvalue weighted by molar-refractivity contribution is 5.98. The summed E-state index contributed by atoms with van der Waals surface area (Å²) in [5.41, 5.74) is 4.50. The fraction of sp³-hybridized carbons (Fsp3) is 0.250. The average molecular weight is 468 g/mol. The van der Waals surface area contributed by atoms with Crippen molar-refractivity contribution in [1.82, 2.24) is 14.5 Å². The van der Waals surface area contributed by atoms with Crippen molar-refractivity contribution in [2.24, 2.45) is 0 Å². The number of H-pyrrole nitrogens is 1. The van der Waals surface area contributed by atoms with Crippen molar-refractivity contribution in [3.63, 3.8) is 0 Å². The minimum atomic E-state index is -0.357. The molecule has 3 heterocycles. The highest BCUT2D eigenvalue weighted by atomic mass is 16.5. The lowest BCUT2D eigenvalue weighted by molar-refractivity contribution is 0.0252. The Labute approximate surface area is 201 Å². The second-order valence-corrected chi connectivity index (χ2v) is 9.22. The van der Waals surface area contributed by atoms with E-state index in [2.05, 4.69) is 4.98 Å². The molecule has 2 aliphatic heterocycles. The number of carbonyl (C=O) groups is 2. The number of cyclic esters (lactones) is 1. The smallest absolute Gasteiger partial charge is 0.339 e. The molecule has 0 unspecified atom stereocenters. The number of rotatable bonds is 3. The van der Waals surface area contributed by atoms with Crippen molar-refractivity contribution in [3.8, 4) is 0 Å². The van der Waals surface area contributed by atoms with Crippen LogP contribution in [0.2, 0.25) is 0 Å². The van der Waals surface area contributed by atoms with Crippen molar-refractivity contribution < 1.29 is 14.3 Å². The predicted octanol–water partition coefficient (Wildman–Crippen LogP) is 4.26. The number of ether oxygens (including phenoxy) is 1. The van der Waals surface area contributed by atoms with Crippen LogP contribution in [0.1, 0.15) is 56.8 Å². The molecule has 0 aliphatic carbocycles. The summed E-state index contributed by atoms with van der Waals surface area (Å²) in [6.07, 6.45) is 1.60. The second-order valence-electron chi connectivity index (χ2n) is 9.22. The summed E-state index contributed by atoms with van der Waals surface area (Å²) in [4.78, 5) is 43.2. The number of esters is 1. The van der Waals surface area contributed by atoms with E-state index < -0.39 is 0 Å². The van der Waals surface area contributed by atoms with E-state index in [1.54, 1.807) is 12.1 Å². The number of imidazole rings is 1. The number of piperidine rings is 1. The molecule has 1 aromatic heterocycles. The Morgan fingerprint density at radius 3 is 2.46 bits per heavy atom. The molecular formula is C28H25N3O4. The number of benzene rings is 3. The molecule has 1 amide bonds. The van der Waals surface area contributed by atoms with Gasteiger partial charge in [0.25, 0.3) is 5.91 Å². The van der Waals surface area contributed by atoms with Gasteiger partial charge in [0.2, 0.25) is 0 Å². The van der Waals surface area contributed by atoms with Crippen molar-refractivity contribution >= 4 is 22.9 Å². The van der Waals surface area contributed by atoms with Gasteiger partial charge in [-0.2, -0.15) is 0 Å².